The average Bonchev–Trinajstić information content (AvgIpc) is 3.32. The van der Waals surface area contributed by atoms with Crippen molar-refractivity contribution in [2.75, 3.05) is 26.2 Å². The van der Waals surface area contributed by atoms with Gasteiger partial charge in [-0.1, -0.05) is 36.4 Å². The van der Waals surface area contributed by atoms with E-state index in [9.17, 15) is 13.2 Å². The molecule has 0 atom stereocenters. The van der Waals surface area contributed by atoms with Gasteiger partial charge in [-0.15, -0.1) is 0 Å². The number of carbonyl (C=O) groups excluding carboxylic acids is 1. The van der Waals surface area contributed by atoms with Crippen molar-refractivity contribution in [1.29, 1.82) is 0 Å². The number of nitrogens with one attached hydrogen (secondary N) is 1. The third-order valence-corrected chi connectivity index (χ3v) is 7.20. The summed E-state index contributed by atoms with van der Waals surface area (Å²) < 4.78 is 33.9. The number of benzene rings is 2. The fraction of sp³-hybridized carbons (Fsp3) is 0.292. The molecule has 1 aliphatic heterocycles. The molecule has 8 heteroatoms. The van der Waals surface area contributed by atoms with Crippen LogP contribution in [0.4, 0.5) is 0 Å². The van der Waals surface area contributed by atoms with E-state index in [2.05, 4.69) is 9.62 Å². The molecule has 3 aromatic rings. The molecule has 0 saturated carbocycles. The maximum Gasteiger partial charge on any atom is 0.253 e. The van der Waals surface area contributed by atoms with Crippen LogP contribution in [0.5, 0.6) is 0 Å². The van der Waals surface area contributed by atoms with E-state index in [0.29, 0.717) is 24.2 Å². The van der Waals surface area contributed by atoms with Crippen LogP contribution >= 0.6 is 0 Å². The molecular weight excluding hydrogens is 426 g/mol. The second-order valence-corrected chi connectivity index (χ2v) is 9.67. The Bertz CT molecular complexity index is 1150. The normalized spacial score (nSPS) is 15.1. The monoisotopic (exact) mass is 453 g/mol. The SMILES string of the molecule is Cc1ccc(C(=O)N2CCN(Cc3ccco3)CC2)cc1S(=O)(=O)NCc1ccccc1. The number of hydrogen-bond donors (Lipinski definition) is 1. The van der Waals surface area contributed by atoms with Gasteiger partial charge < -0.3 is 9.32 Å². The van der Waals surface area contributed by atoms with Crippen molar-refractivity contribution in [3.8, 4) is 0 Å². The van der Waals surface area contributed by atoms with Crippen molar-refractivity contribution < 1.29 is 17.6 Å². The summed E-state index contributed by atoms with van der Waals surface area (Å²) in [4.78, 5) is 17.2. The molecule has 1 aromatic heterocycles. The van der Waals surface area contributed by atoms with E-state index in [0.717, 1.165) is 31.0 Å². The number of hydrogen-bond acceptors (Lipinski definition) is 5. The Balaban J connectivity index is 1.42. The van der Waals surface area contributed by atoms with Gasteiger partial charge in [0.1, 0.15) is 5.76 Å². The highest BCUT2D eigenvalue weighted by Gasteiger charge is 2.25. The molecule has 0 bridgehead atoms. The smallest absolute Gasteiger partial charge is 0.253 e. The fourth-order valence-corrected chi connectivity index (χ4v) is 5.08. The minimum Gasteiger partial charge on any atom is -0.468 e. The summed E-state index contributed by atoms with van der Waals surface area (Å²) in [6.45, 7) is 5.29. The lowest BCUT2D eigenvalue weighted by Gasteiger charge is -2.34. The van der Waals surface area contributed by atoms with Crippen molar-refractivity contribution in [2.45, 2.75) is 24.9 Å². The maximum atomic E-state index is 13.1. The molecular formula is C24H27N3O4S. The number of furan rings is 1. The maximum absolute atomic E-state index is 13.1. The lowest BCUT2D eigenvalue weighted by Crippen LogP contribution is -2.48. The third kappa shape index (κ3) is 5.27. The average molecular weight is 454 g/mol. The van der Waals surface area contributed by atoms with E-state index in [4.69, 9.17) is 4.42 Å². The molecule has 0 unspecified atom stereocenters. The Hall–Kier alpha value is -2.94. The first-order valence-corrected chi connectivity index (χ1v) is 12.1. The molecule has 1 aliphatic rings. The quantitative estimate of drug-likeness (QED) is 0.595. The highest BCUT2D eigenvalue weighted by Crippen LogP contribution is 2.20. The lowest BCUT2D eigenvalue weighted by molar-refractivity contribution is 0.0620. The number of amides is 1. The predicted molar refractivity (Wildman–Crippen MR) is 122 cm³/mol. The topological polar surface area (TPSA) is 82.9 Å². The minimum atomic E-state index is -3.75. The van der Waals surface area contributed by atoms with Crippen LogP contribution in [0.15, 0.2) is 76.2 Å². The van der Waals surface area contributed by atoms with Gasteiger partial charge in [0.05, 0.1) is 17.7 Å². The Kier molecular flexibility index (Phi) is 6.74. The molecule has 2 heterocycles. The molecule has 1 amide bonds. The standard InChI is InChI=1S/C24H27N3O4S/c1-19-9-10-21(16-23(19)32(29,30)25-17-20-6-3-2-4-7-20)24(28)27-13-11-26(12-14-27)18-22-8-5-15-31-22/h2-10,15-16,25H,11-14,17-18H2,1H3. The van der Waals surface area contributed by atoms with Crippen molar-refractivity contribution >= 4 is 15.9 Å². The van der Waals surface area contributed by atoms with Crippen LogP contribution in [0.2, 0.25) is 0 Å². The number of nitrogens with zero attached hydrogens (tertiary/aromatic N) is 2. The summed E-state index contributed by atoms with van der Waals surface area (Å²) in [6.07, 6.45) is 1.66. The molecule has 168 valence electrons. The van der Waals surface area contributed by atoms with Gasteiger partial charge in [-0.3, -0.25) is 9.69 Å². The summed E-state index contributed by atoms with van der Waals surface area (Å²) in [5.41, 5.74) is 1.86. The largest absolute Gasteiger partial charge is 0.468 e. The van der Waals surface area contributed by atoms with Gasteiger partial charge in [0, 0.05) is 38.3 Å². The van der Waals surface area contributed by atoms with E-state index in [-0.39, 0.29) is 17.3 Å². The van der Waals surface area contributed by atoms with Crippen LogP contribution in [0, 0.1) is 6.92 Å². The molecule has 1 fully saturated rings. The highest BCUT2D eigenvalue weighted by molar-refractivity contribution is 7.89. The van der Waals surface area contributed by atoms with Crippen molar-refractivity contribution in [3.63, 3.8) is 0 Å². The number of sulfonamides is 1. The van der Waals surface area contributed by atoms with Gasteiger partial charge in [-0.05, 0) is 42.3 Å². The third-order valence-electron chi connectivity index (χ3n) is 5.65. The van der Waals surface area contributed by atoms with Gasteiger partial charge in [-0.2, -0.15) is 0 Å². The molecule has 1 N–H and O–H groups in total. The van der Waals surface area contributed by atoms with Crippen molar-refractivity contribution in [2.24, 2.45) is 0 Å². The second-order valence-electron chi connectivity index (χ2n) is 7.94. The molecule has 0 spiro atoms. The zero-order valence-electron chi connectivity index (χ0n) is 18.0. The summed E-state index contributed by atoms with van der Waals surface area (Å²) in [7, 11) is -3.75. The van der Waals surface area contributed by atoms with Crippen LogP contribution in [0.3, 0.4) is 0 Å². The second kappa shape index (κ2) is 9.68. The van der Waals surface area contributed by atoms with Gasteiger partial charge >= 0.3 is 0 Å². The van der Waals surface area contributed by atoms with Crippen molar-refractivity contribution in [3.05, 3.63) is 89.4 Å². The number of piperazine rings is 1. The van der Waals surface area contributed by atoms with Gasteiger partial charge in [0.2, 0.25) is 10.0 Å². The lowest BCUT2D eigenvalue weighted by atomic mass is 10.1. The Labute approximate surface area is 188 Å². The highest BCUT2D eigenvalue weighted by atomic mass is 32.2. The first kappa shape index (κ1) is 22.3. The molecule has 32 heavy (non-hydrogen) atoms. The molecule has 0 aliphatic carbocycles. The molecule has 7 nitrogen and oxygen atoms in total. The fourth-order valence-electron chi connectivity index (χ4n) is 3.79. The Morgan fingerprint density at radius 2 is 1.75 bits per heavy atom. The summed E-state index contributed by atoms with van der Waals surface area (Å²) in [6, 6.07) is 18.0. The van der Waals surface area contributed by atoms with Crippen LogP contribution in [-0.4, -0.2) is 50.3 Å². The Morgan fingerprint density at radius 1 is 1.00 bits per heavy atom. The summed E-state index contributed by atoms with van der Waals surface area (Å²) in [5, 5.41) is 0. The van der Waals surface area contributed by atoms with E-state index >= 15 is 0 Å². The minimum absolute atomic E-state index is 0.135. The van der Waals surface area contributed by atoms with Gasteiger partial charge in [0.15, 0.2) is 0 Å². The van der Waals surface area contributed by atoms with E-state index in [1.807, 2.05) is 42.5 Å². The molecule has 1 saturated heterocycles. The molecule has 4 rings (SSSR count). The zero-order chi connectivity index (χ0) is 22.6. The van der Waals surface area contributed by atoms with E-state index in [1.54, 1.807) is 30.2 Å². The first-order chi connectivity index (χ1) is 15.4. The van der Waals surface area contributed by atoms with Gasteiger partial charge in [-0.25, -0.2) is 13.1 Å². The number of aryl methyl sites for hydroxylation is 1. The number of carbonyl (C=O) groups is 1. The van der Waals surface area contributed by atoms with Crippen LogP contribution in [-0.2, 0) is 23.1 Å². The summed E-state index contributed by atoms with van der Waals surface area (Å²) in [5.74, 6) is 0.753. The predicted octanol–water partition coefficient (Wildman–Crippen LogP) is 3.02. The van der Waals surface area contributed by atoms with Crippen molar-refractivity contribution in [1.82, 2.24) is 14.5 Å². The van der Waals surface area contributed by atoms with E-state index < -0.39 is 10.0 Å². The van der Waals surface area contributed by atoms with Crippen LogP contribution in [0.25, 0.3) is 0 Å². The summed E-state index contributed by atoms with van der Waals surface area (Å²) >= 11 is 0. The zero-order valence-corrected chi connectivity index (χ0v) is 18.8. The first-order valence-electron chi connectivity index (χ1n) is 10.6. The number of rotatable bonds is 7. The Morgan fingerprint density at radius 3 is 2.44 bits per heavy atom. The molecule has 0 radical (unpaired) electrons. The molecule has 2 aromatic carbocycles. The van der Waals surface area contributed by atoms with E-state index in [1.165, 1.54) is 6.07 Å². The van der Waals surface area contributed by atoms with Gasteiger partial charge in [0.25, 0.3) is 5.91 Å². The van der Waals surface area contributed by atoms with Crippen LogP contribution in [0.1, 0.15) is 27.2 Å². The van der Waals surface area contributed by atoms with Crippen LogP contribution < -0.4 is 4.72 Å².